The van der Waals surface area contributed by atoms with Gasteiger partial charge in [-0.2, -0.15) is 0 Å². The molecule has 0 spiro atoms. The van der Waals surface area contributed by atoms with Gasteiger partial charge in [-0.1, -0.05) is 28.1 Å². The average Bonchev–Trinajstić information content (AvgIpc) is 2.49. The van der Waals surface area contributed by atoms with Crippen LogP contribution >= 0.6 is 15.9 Å². The largest absolute Gasteiger partial charge is 0.438 e. The number of hydrogen-bond acceptors (Lipinski definition) is 4. The first-order valence-electron chi connectivity index (χ1n) is 6.32. The van der Waals surface area contributed by atoms with Gasteiger partial charge in [-0.25, -0.2) is 9.97 Å². The van der Waals surface area contributed by atoms with Crippen molar-refractivity contribution in [2.75, 3.05) is 0 Å². The summed E-state index contributed by atoms with van der Waals surface area (Å²) in [7, 11) is 0. The Labute approximate surface area is 129 Å². The molecular weight excluding hydrogens is 332 g/mol. The fraction of sp³-hybridized carbons (Fsp3) is 0.0625. The number of aldehydes is 1. The molecule has 0 saturated heterocycles. The maximum Gasteiger partial charge on any atom is 0.230 e. The smallest absolute Gasteiger partial charge is 0.230 e. The second kappa shape index (κ2) is 5.61. The highest BCUT2D eigenvalue weighted by molar-refractivity contribution is 9.10. The Morgan fingerprint density at radius 3 is 2.86 bits per heavy atom. The van der Waals surface area contributed by atoms with Crippen LogP contribution in [0.15, 0.2) is 47.2 Å². The second-order valence-electron chi connectivity index (χ2n) is 4.55. The Morgan fingerprint density at radius 1 is 1.19 bits per heavy atom. The van der Waals surface area contributed by atoms with Crippen LogP contribution in [0.1, 0.15) is 15.9 Å². The van der Waals surface area contributed by atoms with Gasteiger partial charge >= 0.3 is 0 Å². The summed E-state index contributed by atoms with van der Waals surface area (Å²) in [6, 6.07) is 11.1. The van der Waals surface area contributed by atoms with E-state index in [0.717, 1.165) is 27.2 Å². The molecule has 0 radical (unpaired) electrons. The van der Waals surface area contributed by atoms with Crippen LogP contribution in [0.25, 0.3) is 10.9 Å². The van der Waals surface area contributed by atoms with Crippen molar-refractivity contribution in [1.29, 1.82) is 0 Å². The Bertz CT molecular complexity index is 828. The number of benzene rings is 2. The zero-order valence-corrected chi connectivity index (χ0v) is 12.8. The van der Waals surface area contributed by atoms with Crippen LogP contribution < -0.4 is 4.74 Å². The van der Waals surface area contributed by atoms with Crippen LogP contribution in [0, 0.1) is 6.92 Å². The van der Waals surface area contributed by atoms with Crippen molar-refractivity contribution in [3.63, 3.8) is 0 Å². The van der Waals surface area contributed by atoms with E-state index in [1.165, 1.54) is 6.33 Å². The lowest BCUT2D eigenvalue weighted by Gasteiger charge is -2.09. The molecule has 104 valence electrons. The van der Waals surface area contributed by atoms with E-state index in [-0.39, 0.29) is 0 Å². The minimum Gasteiger partial charge on any atom is -0.438 e. The summed E-state index contributed by atoms with van der Waals surface area (Å²) in [4.78, 5) is 19.4. The van der Waals surface area contributed by atoms with Crippen LogP contribution in [0.2, 0.25) is 0 Å². The monoisotopic (exact) mass is 342 g/mol. The molecule has 0 bridgehead atoms. The van der Waals surface area contributed by atoms with Gasteiger partial charge in [0, 0.05) is 10.0 Å². The number of carbonyl (C=O) groups is 1. The molecule has 0 saturated carbocycles. The van der Waals surface area contributed by atoms with Gasteiger partial charge in [-0.05, 0) is 36.8 Å². The van der Waals surface area contributed by atoms with Crippen molar-refractivity contribution in [1.82, 2.24) is 9.97 Å². The van der Waals surface area contributed by atoms with E-state index >= 15 is 0 Å². The summed E-state index contributed by atoms with van der Waals surface area (Å²) < 4.78 is 6.57. The zero-order chi connectivity index (χ0) is 14.8. The Kier molecular flexibility index (Phi) is 3.66. The van der Waals surface area contributed by atoms with Crippen molar-refractivity contribution in [3.05, 3.63) is 58.3 Å². The first kappa shape index (κ1) is 13.7. The Hall–Kier alpha value is -2.27. The normalized spacial score (nSPS) is 10.6. The van der Waals surface area contributed by atoms with Crippen LogP contribution in [0.5, 0.6) is 11.6 Å². The molecule has 3 aromatic rings. The van der Waals surface area contributed by atoms with Gasteiger partial charge in [0.05, 0.1) is 10.9 Å². The molecular formula is C16H11BrN2O2. The van der Waals surface area contributed by atoms with Crippen LogP contribution in [0.3, 0.4) is 0 Å². The van der Waals surface area contributed by atoms with Crippen LogP contribution in [0.4, 0.5) is 0 Å². The number of aromatic nitrogens is 2. The average molecular weight is 343 g/mol. The summed E-state index contributed by atoms with van der Waals surface area (Å²) in [5.74, 6) is 1.04. The third-order valence-corrected chi connectivity index (χ3v) is 3.87. The number of rotatable bonds is 3. The molecule has 0 amide bonds. The van der Waals surface area contributed by atoms with Crippen LogP contribution in [-0.4, -0.2) is 16.3 Å². The standard InChI is InChI=1S/C16H11BrN2O2/c1-10-3-2-4-14-15(10)16(19-9-18-14)21-12-5-6-13(17)11(7-12)8-20/h2-9H,1H3. The first-order valence-corrected chi connectivity index (χ1v) is 7.11. The van der Waals surface area contributed by atoms with Gasteiger partial charge in [-0.15, -0.1) is 0 Å². The van der Waals surface area contributed by atoms with E-state index in [1.807, 2.05) is 25.1 Å². The summed E-state index contributed by atoms with van der Waals surface area (Å²) in [5, 5.41) is 0.871. The molecule has 0 unspecified atom stereocenters. The predicted octanol–water partition coefficient (Wildman–Crippen LogP) is 4.31. The fourth-order valence-electron chi connectivity index (χ4n) is 2.11. The lowest BCUT2D eigenvalue weighted by atomic mass is 10.1. The van der Waals surface area contributed by atoms with Gasteiger partial charge < -0.3 is 4.74 Å². The molecule has 5 heteroatoms. The highest BCUT2D eigenvalue weighted by Crippen LogP contribution is 2.30. The van der Waals surface area contributed by atoms with Gasteiger partial charge in [0.25, 0.3) is 0 Å². The minimum absolute atomic E-state index is 0.484. The molecule has 3 rings (SSSR count). The Balaban J connectivity index is 2.08. The van der Waals surface area contributed by atoms with Crippen molar-refractivity contribution in [2.45, 2.75) is 6.92 Å². The topological polar surface area (TPSA) is 52.1 Å². The molecule has 4 nitrogen and oxygen atoms in total. The molecule has 1 heterocycles. The third-order valence-electron chi connectivity index (χ3n) is 3.15. The van der Waals surface area contributed by atoms with E-state index in [2.05, 4.69) is 25.9 Å². The number of hydrogen-bond donors (Lipinski definition) is 0. The highest BCUT2D eigenvalue weighted by Gasteiger charge is 2.09. The van der Waals surface area contributed by atoms with Crippen LogP contribution in [-0.2, 0) is 0 Å². The third kappa shape index (κ3) is 2.64. The number of nitrogens with zero attached hydrogens (tertiary/aromatic N) is 2. The van der Waals surface area contributed by atoms with E-state index in [9.17, 15) is 4.79 Å². The number of halogens is 1. The predicted molar refractivity (Wildman–Crippen MR) is 83.9 cm³/mol. The number of carbonyl (C=O) groups excluding carboxylic acids is 1. The SMILES string of the molecule is Cc1cccc2ncnc(Oc3ccc(Br)c(C=O)c3)c12. The molecule has 0 aliphatic carbocycles. The van der Waals surface area contributed by atoms with E-state index < -0.39 is 0 Å². The number of ether oxygens (including phenoxy) is 1. The molecule has 0 aliphatic rings. The van der Waals surface area contributed by atoms with Gasteiger partial charge in [-0.3, -0.25) is 4.79 Å². The summed E-state index contributed by atoms with van der Waals surface area (Å²) in [6.45, 7) is 1.98. The summed E-state index contributed by atoms with van der Waals surface area (Å²) >= 11 is 3.31. The first-order chi connectivity index (χ1) is 10.2. The maximum absolute atomic E-state index is 11.0. The van der Waals surface area contributed by atoms with E-state index in [0.29, 0.717) is 17.2 Å². The van der Waals surface area contributed by atoms with Crippen molar-refractivity contribution in [3.8, 4) is 11.6 Å². The minimum atomic E-state index is 0.484. The van der Waals surface area contributed by atoms with E-state index in [4.69, 9.17) is 4.74 Å². The zero-order valence-electron chi connectivity index (χ0n) is 11.2. The second-order valence-corrected chi connectivity index (χ2v) is 5.41. The summed E-state index contributed by atoms with van der Waals surface area (Å²) in [5.41, 5.74) is 2.39. The fourth-order valence-corrected chi connectivity index (χ4v) is 2.45. The summed E-state index contributed by atoms with van der Waals surface area (Å²) in [6.07, 6.45) is 2.25. The van der Waals surface area contributed by atoms with Crippen molar-refractivity contribution >= 4 is 33.1 Å². The molecule has 0 aliphatic heterocycles. The molecule has 0 N–H and O–H groups in total. The highest BCUT2D eigenvalue weighted by atomic mass is 79.9. The van der Waals surface area contributed by atoms with Crippen molar-refractivity contribution in [2.24, 2.45) is 0 Å². The maximum atomic E-state index is 11.0. The van der Waals surface area contributed by atoms with Gasteiger partial charge in [0.15, 0.2) is 6.29 Å². The molecule has 2 aromatic carbocycles. The van der Waals surface area contributed by atoms with Gasteiger partial charge in [0.2, 0.25) is 5.88 Å². The number of aryl methyl sites for hydroxylation is 1. The quantitative estimate of drug-likeness (QED) is 0.665. The molecule has 1 aromatic heterocycles. The lowest BCUT2D eigenvalue weighted by Crippen LogP contribution is -1.94. The molecule has 21 heavy (non-hydrogen) atoms. The Morgan fingerprint density at radius 2 is 2.05 bits per heavy atom. The lowest BCUT2D eigenvalue weighted by molar-refractivity contribution is 0.112. The van der Waals surface area contributed by atoms with Gasteiger partial charge in [0.1, 0.15) is 12.1 Å². The van der Waals surface area contributed by atoms with Crippen molar-refractivity contribution < 1.29 is 9.53 Å². The molecule has 0 atom stereocenters. The van der Waals surface area contributed by atoms with E-state index in [1.54, 1.807) is 18.2 Å². The molecule has 0 fully saturated rings. The number of fused-ring (bicyclic) bond motifs is 1.